The normalized spacial score (nSPS) is 14.3. The smallest absolute Gasteiger partial charge is 0.257 e. The first-order chi connectivity index (χ1) is 14.0. The van der Waals surface area contributed by atoms with Gasteiger partial charge in [-0.15, -0.1) is 0 Å². The predicted molar refractivity (Wildman–Crippen MR) is 112 cm³/mol. The van der Waals surface area contributed by atoms with Crippen molar-refractivity contribution in [1.82, 2.24) is 24.6 Å². The number of benzene rings is 1. The second-order valence-corrected chi connectivity index (χ2v) is 7.53. The van der Waals surface area contributed by atoms with E-state index in [1.165, 1.54) is 0 Å². The molecule has 1 aliphatic rings. The third-order valence-electron chi connectivity index (χ3n) is 5.28. The minimum atomic E-state index is 0.0269. The molecule has 4 rings (SSSR count). The number of carbonyl (C=O) groups is 1. The van der Waals surface area contributed by atoms with Crippen molar-refractivity contribution in [3.63, 3.8) is 0 Å². The topological polar surface area (TPSA) is 67.2 Å². The number of aromatic nitrogens is 4. The molecule has 1 aliphatic heterocycles. The van der Waals surface area contributed by atoms with Crippen LogP contribution in [-0.4, -0.2) is 56.7 Å². The minimum absolute atomic E-state index is 0.0269. The molecule has 1 aromatic carbocycles. The Kier molecular flexibility index (Phi) is 5.49. The third kappa shape index (κ3) is 3.96. The maximum Gasteiger partial charge on any atom is 0.257 e. The van der Waals surface area contributed by atoms with Gasteiger partial charge in [0.25, 0.3) is 5.91 Å². The van der Waals surface area contributed by atoms with Gasteiger partial charge in [0.2, 0.25) is 5.95 Å². The zero-order valence-electron chi connectivity index (χ0n) is 16.5. The van der Waals surface area contributed by atoms with E-state index in [2.05, 4.69) is 20.0 Å². The zero-order chi connectivity index (χ0) is 20.4. The van der Waals surface area contributed by atoms with E-state index in [0.29, 0.717) is 49.3 Å². The van der Waals surface area contributed by atoms with Gasteiger partial charge in [0.15, 0.2) is 0 Å². The molecule has 0 radical (unpaired) electrons. The average Bonchev–Trinajstić information content (AvgIpc) is 3.03. The number of hydrogen-bond acceptors (Lipinski definition) is 5. The van der Waals surface area contributed by atoms with Crippen LogP contribution >= 0.6 is 11.6 Å². The Bertz CT molecular complexity index is 1010. The fourth-order valence-electron chi connectivity index (χ4n) is 3.67. The molecule has 0 saturated carbocycles. The lowest BCUT2D eigenvalue weighted by Crippen LogP contribution is -2.49. The molecule has 0 spiro atoms. The van der Waals surface area contributed by atoms with Gasteiger partial charge in [0, 0.05) is 49.3 Å². The molecule has 7 nitrogen and oxygen atoms in total. The maximum absolute atomic E-state index is 13.2. The summed E-state index contributed by atoms with van der Waals surface area (Å²) in [5.41, 5.74) is 3.27. The van der Waals surface area contributed by atoms with E-state index in [1.807, 2.05) is 47.7 Å². The SMILES string of the molecule is Cc1nn(Cc2ccccc2Cl)c(C)c1C(=O)N1CCN(c2ncccn2)CC1. The average molecular weight is 411 g/mol. The molecule has 150 valence electrons. The number of halogens is 1. The van der Waals surface area contributed by atoms with E-state index in [9.17, 15) is 4.79 Å². The molecule has 0 atom stereocenters. The predicted octanol–water partition coefficient (Wildman–Crippen LogP) is 2.95. The summed E-state index contributed by atoms with van der Waals surface area (Å²) >= 11 is 6.29. The number of nitrogens with zero attached hydrogens (tertiary/aromatic N) is 6. The molecule has 2 aromatic heterocycles. The lowest BCUT2D eigenvalue weighted by molar-refractivity contribution is 0.0744. The van der Waals surface area contributed by atoms with Crippen molar-refractivity contribution < 1.29 is 4.79 Å². The van der Waals surface area contributed by atoms with Crippen molar-refractivity contribution in [3.05, 3.63) is 70.3 Å². The van der Waals surface area contributed by atoms with Crippen LogP contribution < -0.4 is 4.90 Å². The molecule has 29 heavy (non-hydrogen) atoms. The van der Waals surface area contributed by atoms with Crippen LogP contribution in [-0.2, 0) is 6.54 Å². The molecule has 1 fully saturated rings. The van der Waals surface area contributed by atoms with Gasteiger partial charge in [-0.2, -0.15) is 5.10 Å². The molecule has 8 heteroatoms. The molecule has 0 unspecified atom stereocenters. The van der Waals surface area contributed by atoms with E-state index < -0.39 is 0 Å². The van der Waals surface area contributed by atoms with Crippen LogP contribution in [0.25, 0.3) is 0 Å². The highest BCUT2D eigenvalue weighted by Crippen LogP contribution is 2.21. The quantitative estimate of drug-likeness (QED) is 0.661. The lowest BCUT2D eigenvalue weighted by Gasteiger charge is -2.34. The van der Waals surface area contributed by atoms with E-state index in [0.717, 1.165) is 17.0 Å². The van der Waals surface area contributed by atoms with Crippen molar-refractivity contribution >= 4 is 23.5 Å². The summed E-state index contributed by atoms with van der Waals surface area (Å²) in [6.45, 7) is 7.05. The highest BCUT2D eigenvalue weighted by molar-refractivity contribution is 6.31. The second-order valence-electron chi connectivity index (χ2n) is 7.12. The number of carbonyl (C=O) groups excluding carboxylic acids is 1. The molecule has 1 saturated heterocycles. The van der Waals surface area contributed by atoms with Crippen LogP contribution in [0.5, 0.6) is 0 Å². The molecule has 0 N–H and O–H groups in total. The van der Waals surface area contributed by atoms with Crippen LogP contribution in [0.4, 0.5) is 5.95 Å². The van der Waals surface area contributed by atoms with Crippen LogP contribution in [0.2, 0.25) is 5.02 Å². The van der Waals surface area contributed by atoms with Gasteiger partial charge in [-0.25, -0.2) is 9.97 Å². The Hall–Kier alpha value is -2.93. The Morgan fingerprint density at radius 2 is 1.72 bits per heavy atom. The molecular weight excluding hydrogens is 388 g/mol. The van der Waals surface area contributed by atoms with Crippen molar-refractivity contribution in [2.24, 2.45) is 0 Å². The highest BCUT2D eigenvalue weighted by Gasteiger charge is 2.27. The van der Waals surface area contributed by atoms with E-state index in [1.54, 1.807) is 18.5 Å². The van der Waals surface area contributed by atoms with Gasteiger partial charge >= 0.3 is 0 Å². The van der Waals surface area contributed by atoms with Crippen molar-refractivity contribution in [3.8, 4) is 0 Å². The number of anilines is 1. The monoisotopic (exact) mass is 410 g/mol. The fourth-order valence-corrected chi connectivity index (χ4v) is 3.87. The number of aryl methyl sites for hydroxylation is 1. The first kappa shape index (κ1) is 19.4. The van der Waals surface area contributed by atoms with Gasteiger partial charge in [0.05, 0.1) is 17.8 Å². The lowest BCUT2D eigenvalue weighted by atomic mass is 10.1. The Labute approximate surface area is 174 Å². The largest absolute Gasteiger partial charge is 0.337 e. The number of piperazine rings is 1. The number of hydrogen-bond donors (Lipinski definition) is 0. The minimum Gasteiger partial charge on any atom is -0.337 e. The van der Waals surface area contributed by atoms with Crippen LogP contribution in [0, 0.1) is 13.8 Å². The second kappa shape index (κ2) is 8.21. The molecule has 1 amide bonds. The van der Waals surface area contributed by atoms with Gasteiger partial charge in [-0.05, 0) is 31.5 Å². The van der Waals surface area contributed by atoms with Gasteiger partial charge in [-0.3, -0.25) is 9.48 Å². The van der Waals surface area contributed by atoms with Crippen LogP contribution in [0.15, 0.2) is 42.7 Å². The Morgan fingerprint density at radius 3 is 2.41 bits per heavy atom. The zero-order valence-corrected chi connectivity index (χ0v) is 17.3. The molecule has 0 bridgehead atoms. The summed E-state index contributed by atoms with van der Waals surface area (Å²) in [6, 6.07) is 9.50. The Morgan fingerprint density at radius 1 is 1.03 bits per heavy atom. The summed E-state index contributed by atoms with van der Waals surface area (Å²) in [5.74, 6) is 0.735. The number of rotatable bonds is 4. The number of amides is 1. The molecule has 0 aliphatic carbocycles. The first-order valence-electron chi connectivity index (χ1n) is 9.63. The highest BCUT2D eigenvalue weighted by atomic mass is 35.5. The van der Waals surface area contributed by atoms with E-state index >= 15 is 0 Å². The standard InChI is InChI=1S/C21H23ClN6O/c1-15-19(16(2)28(25-15)14-17-6-3-4-7-18(17)22)20(29)26-10-12-27(13-11-26)21-23-8-5-9-24-21/h3-9H,10-14H2,1-2H3. The fraction of sp³-hybridized carbons (Fsp3) is 0.333. The summed E-state index contributed by atoms with van der Waals surface area (Å²) in [5, 5.41) is 5.31. The van der Waals surface area contributed by atoms with Crippen molar-refractivity contribution in [1.29, 1.82) is 0 Å². The Balaban J connectivity index is 1.48. The molecule has 3 aromatic rings. The van der Waals surface area contributed by atoms with Crippen molar-refractivity contribution in [2.75, 3.05) is 31.1 Å². The summed E-state index contributed by atoms with van der Waals surface area (Å²) in [7, 11) is 0. The summed E-state index contributed by atoms with van der Waals surface area (Å²) < 4.78 is 1.86. The van der Waals surface area contributed by atoms with E-state index in [4.69, 9.17) is 11.6 Å². The van der Waals surface area contributed by atoms with Crippen LogP contribution in [0.1, 0.15) is 27.3 Å². The van der Waals surface area contributed by atoms with Crippen molar-refractivity contribution in [2.45, 2.75) is 20.4 Å². The van der Waals surface area contributed by atoms with Crippen LogP contribution in [0.3, 0.4) is 0 Å². The van der Waals surface area contributed by atoms with Gasteiger partial charge < -0.3 is 9.80 Å². The van der Waals surface area contributed by atoms with Gasteiger partial charge in [-0.1, -0.05) is 29.8 Å². The molecule has 3 heterocycles. The molecular formula is C21H23ClN6O. The first-order valence-corrected chi connectivity index (χ1v) is 10.0. The van der Waals surface area contributed by atoms with Gasteiger partial charge in [0.1, 0.15) is 0 Å². The summed E-state index contributed by atoms with van der Waals surface area (Å²) in [6.07, 6.45) is 3.47. The van der Waals surface area contributed by atoms with E-state index in [-0.39, 0.29) is 5.91 Å². The summed E-state index contributed by atoms with van der Waals surface area (Å²) in [4.78, 5) is 25.8. The third-order valence-corrected chi connectivity index (χ3v) is 5.64. The maximum atomic E-state index is 13.2.